The maximum atomic E-state index is 12.8. The van der Waals surface area contributed by atoms with Crippen LogP contribution in [0.15, 0.2) is 133 Å². The topological polar surface area (TPSA) is 63.2 Å². The Morgan fingerprint density at radius 3 is 1.36 bits per heavy atom. The van der Waals surface area contributed by atoms with Crippen LogP contribution in [0.4, 0.5) is 0 Å². The summed E-state index contributed by atoms with van der Waals surface area (Å²) in [4.78, 5) is 12.8. The molecule has 0 amide bonds. The van der Waals surface area contributed by atoms with Gasteiger partial charge < -0.3 is 23.5 Å². The van der Waals surface area contributed by atoms with E-state index in [0.29, 0.717) is 6.61 Å². The van der Waals surface area contributed by atoms with E-state index in [4.69, 9.17) is 23.5 Å². The standard InChI is InChI=1S/C38H41BO6/c1-5-19-33(28-34(40)43-6-2)39-44-35(37(41-3,29-20-11-7-12-21-29)30-22-13-8-14-23-30)36(45-39)38(42-4,31-24-15-9-16-25-31)32-26-17-10-18-27-32/h5,7-27,33,35-36H,6,28H2,1-4H3/b19-5+/t33-,35+,36+/m0/s1. The fraction of sp³-hybridized carbons (Fsp3) is 0.289. The predicted molar refractivity (Wildman–Crippen MR) is 177 cm³/mol. The molecular weight excluding hydrogens is 563 g/mol. The van der Waals surface area contributed by atoms with E-state index >= 15 is 0 Å². The van der Waals surface area contributed by atoms with Gasteiger partial charge in [-0.2, -0.15) is 0 Å². The highest BCUT2D eigenvalue weighted by atomic mass is 16.7. The average Bonchev–Trinajstić information content (AvgIpc) is 3.54. The molecule has 0 saturated carbocycles. The van der Waals surface area contributed by atoms with Crippen LogP contribution < -0.4 is 0 Å². The molecule has 0 aromatic heterocycles. The van der Waals surface area contributed by atoms with Gasteiger partial charge in [0.15, 0.2) is 0 Å². The third-order valence-corrected chi connectivity index (χ3v) is 8.59. The zero-order valence-electron chi connectivity index (χ0n) is 26.4. The first kappa shape index (κ1) is 32.4. The minimum absolute atomic E-state index is 0.0929. The van der Waals surface area contributed by atoms with Crippen molar-refractivity contribution in [1.29, 1.82) is 0 Å². The van der Waals surface area contributed by atoms with E-state index in [-0.39, 0.29) is 12.4 Å². The average molecular weight is 605 g/mol. The van der Waals surface area contributed by atoms with Crippen molar-refractivity contribution in [3.63, 3.8) is 0 Å². The SMILES string of the molecule is C/C=C/[C@@H](CC(=O)OCC)B1O[C@@H](C(OC)(c2ccccc2)c2ccccc2)[C@H](C(OC)(c2ccccc2)c2ccccc2)O1. The Morgan fingerprint density at radius 2 is 1.07 bits per heavy atom. The molecule has 0 aliphatic carbocycles. The molecule has 4 aromatic rings. The lowest BCUT2D eigenvalue weighted by atomic mass is 9.69. The van der Waals surface area contributed by atoms with Gasteiger partial charge >= 0.3 is 13.1 Å². The second kappa shape index (κ2) is 14.9. The number of benzene rings is 4. The highest BCUT2D eigenvalue weighted by molar-refractivity contribution is 6.48. The normalized spacial score (nSPS) is 17.8. The van der Waals surface area contributed by atoms with Gasteiger partial charge in [-0.15, -0.1) is 0 Å². The first-order valence-corrected chi connectivity index (χ1v) is 15.5. The maximum Gasteiger partial charge on any atom is 0.465 e. The van der Waals surface area contributed by atoms with Crippen molar-refractivity contribution >= 4 is 13.1 Å². The third kappa shape index (κ3) is 6.27. The summed E-state index contributed by atoms with van der Waals surface area (Å²) in [5, 5.41) is 0. The summed E-state index contributed by atoms with van der Waals surface area (Å²) in [6.45, 7) is 4.02. The van der Waals surface area contributed by atoms with Gasteiger partial charge in [0.05, 0.1) is 13.0 Å². The molecule has 0 radical (unpaired) electrons. The van der Waals surface area contributed by atoms with Gasteiger partial charge in [0.2, 0.25) is 0 Å². The summed E-state index contributed by atoms with van der Waals surface area (Å²) < 4.78 is 32.9. The highest BCUT2D eigenvalue weighted by Gasteiger charge is 2.62. The summed E-state index contributed by atoms with van der Waals surface area (Å²) in [7, 11) is 2.59. The number of ether oxygens (including phenoxy) is 3. The minimum Gasteiger partial charge on any atom is -0.466 e. The van der Waals surface area contributed by atoms with Gasteiger partial charge in [0, 0.05) is 20.0 Å². The van der Waals surface area contributed by atoms with Crippen molar-refractivity contribution in [2.24, 2.45) is 0 Å². The highest BCUT2D eigenvalue weighted by Crippen LogP contribution is 2.51. The molecule has 1 fully saturated rings. The molecule has 1 aliphatic heterocycles. The fourth-order valence-electron chi connectivity index (χ4n) is 6.64. The van der Waals surface area contributed by atoms with E-state index in [2.05, 4.69) is 0 Å². The Balaban J connectivity index is 1.79. The van der Waals surface area contributed by atoms with Crippen LogP contribution in [-0.4, -0.2) is 46.1 Å². The zero-order valence-corrected chi connectivity index (χ0v) is 26.4. The Kier molecular flexibility index (Phi) is 10.7. The Hall–Kier alpha value is -4.01. The van der Waals surface area contributed by atoms with Gasteiger partial charge in [0.1, 0.15) is 23.4 Å². The molecule has 0 bridgehead atoms. The van der Waals surface area contributed by atoms with Crippen LogP contribution in [0.2, 0.25) is 5.82 Å². The van der Waals surface area contributed by atoms with Crippen molar-refractivity contribution < 1.29 is 28.3 Å². The second-order valence-corrected chi connectivity index (χ2v) is 11.0. The first-order valence-electron chi connectivity index (χ1n) is 15.5. The quantitative estimate of drug-likeness (QED) is 0.0905. The predicted octanol–water partition coefficient (Wildman–Crippen LogP) is 7.34. The van der Waals surface area contributed by atoms with Gasteiger partial charge in [-0.3, -0.25) is 4.79 Å². The van der Waals surface area contributed by atoms with E-state index < -0.39 is 36.3 Å². The van der Waals surface area contributed by atoms with Crippen LogP contribution in [0, 0.1) is 0 Å². The van der Waals surface area contributed by atoms with Gasteiger partial charge in [-0.1, -0.05) is 133 Å². The fourth-order valence-corrected chi connectivity index (χ4v) is 6.64. The molecule has 7 heteroatoms. The Morgan fingerprint density at radius 1 is 0.711 bits per heavy atom. The molecule has 0 N–H and O–H groups in total. The number of carbonyl (C=O) groups is 1. The summed E-state index contributed by atoms with van der Waals surface area (Å²) >= 11 is 0. The number of hydrogen-bond donors (Lipinski definition) is 0. The van der Waals surface area contributed by atoms with Crippen molar-refractivity contribution in [2.45, 2.75) is 49.5 Å². The molecular formula is C38H41BO6. The Labute approximate surface area is 267 Å². The summed E-state index contributed by atoms with van der Waals surface area (Å²) in [6.07, 6.45) is 2.46. The number of rotatable bonds is 13. The van der Waals surface area contributed by atoms with Gasteiger partial charge in [-0.25, -0.2) is 0 Å². The minimum atomic E-state index is -1.13. The molecule has 45 heavy (non-hydrogen) atoms. The van der Waals surface area contributed by atoms with Gasteiger partial charge in [-0.05, 0) is 36.1 Å². The van der Waals surface area contributed by atoms with Gasteiger partial charge in [0.25, 0.3) is 0 Å². The van der Waals surface area contributed by atoms with Crippen LogP contribution in [0.5, 0.6) is 0 Å². The number of carbonyl (C=O) groups excluding carboxylic acids is 1. The van der Waals surface area contributed by atoms with Crippen molar-refractivity contribution in [3.8, 4) is 0 Å². The van der Waals surface area contributed by atoms with Crippen LogP contribution in [0.1, 0.15) is 42.5 Å². The van der Waals surface area contributed by atoms with E-state index in [0.717, 1.165) is 22.3 Å². The van der Waals surface area contributed by atoms with Crippen LogP contribution in [-0.2, 0) is 39.5 Å². The number of hydrogen-bond acceptors (Lipinski definition) is 6. The van der Waals surface area contributed by atoms with E-state index in [1.54, 1.807) is 21.1 Å². The molecule has 232 valence electrons. The monoisotopic (exact) mass is 604 g/mol. The third-order valence-electron chi connectivity index (χ3n) is 8.59. The molecule has 5 rings (SSSR count). The lowest BCUT2D eigenvalue weighted by molar-refractivity contribution is -0.143. The number of esters is 1. The maximum absolute atomic E-state index is 12.8. The molecule has 1 heterocycles. The van der Waals surface area contributed by atoms with Crippen molar-refractivity contribution in [1.82, 2.24) is 0 Å². The molecule has 3 atom stereocenters. The first-order chi connectivity index (χ1) is 22.0. The molecule has 4 aromatic carbocycles. The van der Waals surface area contributed by atoms with E-state index in [1.807, 2.05) is 140 Å². The molecule has 1 saturated heterocycles. The summed E-state index contributed by atoms with van der Waals surface area (Å²) in [5.74, 6) is -0.746. The molecule has 0 spiro atoms. The Bertz CT molecular complexity index is 1340. The second-order valence-electron chi connectivity index (χ2n) is 11.0. The largest absolute Gasteiger partial charge is 0.466 e. The smallest absolute Gasteiger partial charge is 0.465 e. The van der Waals surface area contributed by atoms with Crippen molar-refractivity contribution in [3.05, 3.63) is 156 Å². The molecule has 0 unspecified atom stereocenters. The summed E-state index contributed by atoms with van der Waals surface area (Å²) in [5.41, 5.74) is 1.35. The zero-order chi connectivity index (χ0) is 31.7. The molecule has 1 aliphatic rings. The number of methoxy groups -OCH3 is 2. The van der Waals surface area contributed by atoms with E-state index in [9.17, 15) is 4.79 Å². The summed E-state index contributed by atoms with van der Waals surface area (Å²) in [6, 6.07) is 40.3. The number of allylic oxidation sites excluding steroid dienone is 2. The van der Waals surface area contributed by atoms with Crippen LogP contribution in [0.25, 0.3) is 0 Å². The van der Waals surface area contributed by atoms with Crippen LogP contribution >= 0.6 is 0 Å². The van der Waals surface area contributed by atoms with Crippen molar-refractivity contribution in [2.75, 3.05) is 20.8 Å². The lowest BCUT2D eigenvalue weighted by Gasteiger charge is -2.47. The van der Waals surface area contributed by atoms with Crippen LogP contribution in [0.3, 0.4) is 0 Å². The van der Waals surface area contributed by atoms with E-state index in [1.165, 1.54) is 0 Å². The lowest BCUT2D eigenvalue weighted by Crippen LogP contribution is -2.56. The molecule has 6 nitrogen and oxygen atoms in total.